The number of carbonyl (C=O) groups excluding carboxylic acids is 1. The van der Waals surface area contributed by atoms with Crippen LogP contribution in [0.25, 0.3) is 0 Å². The Morgan fingerprint density at radius 3 is 2.35 bits per heavy atom. The highest BCUT2D eigenvalue weighted by Gasteiger charge is 2.30. The first-order valence-corrected chi connectivity index (χ1v) is 9.84. The van der Waals surface area contributed by atoms with Gasteiger partial charge in [0.25, 0.3) is 0 Å². The summed E-state index contributed by atoms with van der Waals surface area (Å²) >= 11 is 0. The molecule has 2 saturated heterocycles. The van der Waals surface area contributed by atoms with Crippen LogP contribution in [0.15, 0.2) is 17.1 Å². The number of halogens is 1. The van der Waals surface area contributed by atoms with Gasteiger partial charge < -0.3 is 15.1 Å². The third-order valence-corrected chi connectivity index (χ3v) is 5.06. The second-order valence-corrected chi connectivity index (χ2v) is 6.82. The Labute approximate surface area is 176 Å². The molecule has 0 aromatic carbocycles. The van der Waals surface area contributed by atoms with Gasteiger partial charge in [0.2, 0.25) is 5.91 Å². The van der Waals surface area contributed by atoms with Gasteiger partial charge in [-0.1, -0.05) is 12.2 Å². The molecule has 26 heavy (non-hydrogen) atoms. The van der Waals surface area contributed by atoms with E-state index in [0.29, 0.717) is 5.91 Å². The molecule has 2 aliphatic heterocycles. The maximum absolute atomic E-state index is 12.6. The highest BCUT2D eigenvalue weighted by Crippen LogP contribution is 2.14. The van der Waals surface area contributed by atoms with Gasteiger partial charge in [-0.2, -0.15) is 0 Å². The Balaban J connectivity index is 0.00000338. The largest absolute Gasteiger partial charge is 0.357 e. The van der Waals surface area contributed by atoms with Crippen LogP contribution >= 0.6 is 24.0 Å². The van der Waals surface area contributed by atoms with Crippen molar-refractivity contribution in [2.45, 2.75) is 46.1 Å². The van der Waals surface area contributed by atoms with Gasteiger partial charge in [-0.05, 0) is 40.0 Å². The van der Waals surface area contributed by atoms with Gasteiger partial charge in [-0.3, -0.25) is 14.7 Å². The summed E-state index contributed by atoms with van der Waals surface area (Å²) in [5.41, 5.74) is 0. The highest BCUT2D eigenvalue weighted by atomic mass is 127. The summed E-state index contributed by atoms with van der Waals surface area (Å²) < 4.78 is 0. The van der Waals surface area contributed by atoms with Crippen LogP contribution < -0.4 is 5.32 Å². The number of rotatable bonds is 6. The molecule has 150 valence electrons. The Bertz CT molecular complexity index is 469. The van der Waals surface area contributed by atoms with E-state index in [4.69, 9.17) is 4.99 Å². The zero-order valence-corrected chi connectivity index (χ0v) is 18.9. The van der Waals surface area contributed by atoms with Crippen molar-refractivity contribution >= 4 is 35.8 Å². The molecule has 0 radical (unpaired) electrons. The standard InChI is InChI=1S/C19H35N5O.HI/c1-4-6-7-10-21-19(20-5-2)24-15-13-22(14-16-24)17(3)18(25)23-11-8-9-12-23;/h4,6,17H,5,7-16H2,1-3H3,(H,20,21);1H/b6-4+;. The van der Waals surface area contributed by atoms with E-state index in [0.717, 1.165) is 77.6 Å². The monoisotopic (exact) mass is 477 g/mol. The minimum atomic E-state index is -0.00513. The fourth-order valence-corrected chi connectivity index (χ4v) is 3.52. The van der Waals surface area contributed by atoms with Crippen LogP contribution in [0.3, 0.4) is 0 Å². The lowest BCUT2D eigenvalue weighted by molar-refractivity contribution is -0.135. The first-order chi connectivity index (χ1) is 12.2. The summed E-state index contributed by atoms with van der Waals surface area (Å²) in [6.07, 6.45) is 7.51. The average molecular weight is 477 g/mol. The Morgan fingerprint density at radius 1 is 1.12 bits per heavy atom. The van der Waals surface area contributed by atoms with E-state index in [1.807, 2.05) is 11.8 Å². The van der Waals surface area contributed by atoms with Crippen LogP contribution in [-0.4, -0.2) is 85.0 Å². The number of hydrogen-bond donors (Lipinski definition) is 1. The molecule has 1 atom stereocenters. The van der Waals surface area contributed by atoms with E-state index in [1.54, 1.807) is 0 Å². The maximum atomic E-state index is 12.6. The summed E-state index contributed by atoms with van der Waals surface area (Å²) in [6.45, 7) is 13.5. The number of nitrogens with zero attached hydrogens (tertiary/aromatic N) is 4. The fourth-order valence-electron chi connectivity index (χ4n) is 3.52. The lowest BCUT2D eigenvalue weighted by Crippen LogP contribution is -2.57. The Hall–Kier alpha value is -0.830. The molecule has 6 nitrogen and oxygen atoms in total. The number of nitrogens with one attached hydrogen (secondary N) is 1. The van der Waals surface area contributed by atoms with E-state index < -0.39 is 0 Å². The normalized spacial score (nSPS) is 20.3. The molecule has 2 fully saturated rings. The topological polar surface area (TPSA) is 51.2 Å². The third-order valence-electron chi connectivity index (χ3n) is 5.06. The SMILES string of the molecule is C/C=C/CCN=C(NCC)N1CCN(C(C)C(=O)N2CCCC2)CC1.I. The number of likely N-dealkylation sites (tertiary alicyclic amines) is 1. The van der Waals surface area contributed by atoms with Crippen molar-refractivity contribution in [2.75, 3.05) is 52.4 Å². The molecule has 7 heteroatoms. The summed E-state index contributed by atoms with van der Waals surface area (Å²) in [5, 5.41) is 3.40. The predicted octanol–water partition coefficient (Wildman–Crippen LogP) is 2.16. The van der Waals surface area contributed by atoms with Crippen LogP contribution in [0.1, 0.15) is 40.0 Å². The lowest BCUT2D eigenvalue weighted by atomic mass is 10.2. The van der Waals surface area contributed by atoms with Crippen molar-refractivity contribution in [3.63, 3.8) is 0 Å². The molecule has 2 aliphatic rings. The van der Waals surface area contributed by atoms with Gasteiger partial charge in [0, 0.05) is 52.4 Å². The van der Waals surface area contributed by atoms with Crippen molar-refractivity contribution in [2.24, 2.45) is 4.99 Å². The minimum Gasteiger partial charge on any atom is -0.357 e. The molecular weight excluding hydrogens is 441 g/mol. The maximum Gasteiger partial charge on any atom is 0.239 e. The highest BCUT2D eigenvalue weighted by molar-refractivity contribution is 14.0. The van der Waals surface area contributed by atoms with E-state index in [1.165, 1.54) is 0 Å². The van der Waals surface area contributed by atoms with Crippen LogP contribution in [0.5, 0.6) is 0 Å². The van der Waals surface area contributed by atoms with Crippen LogP contribution in [0.2, 0.25) is 0 Å². The number of carbonyl (C=O) groups is 1. The van der Waals surface area contributed by atoms with Gasteiger partial charge >= 0.3 is 0 Å². The first-order valence-electron chi connectivity index (χ1n) is 9.84. The number of piperazine rings is 1. The number of amides is 1. The van der Waals surface area contributed by atoms with Gasteiger partial charge in [-0.25, -0.2) is 0 Å². The lowest BCUT2D eigenvalue weighted by Gasteiger charge is -2.39. The molecular formula is C19H36IN5O. The quantitative estimate of drug-likeness (QED) is 0.210. The van der Waals surface area contributed by atoms with E-state index in [2.05, 4.69) is 41.1 Å². The fraction of sp³-hybridized carbons (Fsp3) is 0.789. The van der Waals surface area contributed by atoms with Crippen LogP contribution in [0, 0.1) is 0 Å². The van der Waals surface area contributed by atoms with Crippen LogP contribution in [-0.2, 0) is 4.79 Å². The molecule has 0 bridgehead atoms. The zero-order valence-electron chi connectivity index (χ0n) is 16.6. The van der Waals surface area contributed by atoms with Gasteiger partial charge in [0.1, 0.15) is 0 Å². The predicted molar refractivity (Wildman–Crippen MR) is 119 cm³/mol. The zero-order chi connectivity index (χ0) is 18.1. The molecule has 0 saturated carbocycles. The molecule has 0 aromatic heterocycles. The second-order valence-electron chi connectivity index (χ2n) is 6.82. The molecule has 0 aliphatic carbocycles. The van der Waals surface area contributed by atoms with Crippen molar-refractivity contribution in [3.05, 3.63) is 12.2 Å². The molecule has 0 spiro atoms. The van der Waals surface area contributed by atoms with Crippen molar-refractivity contribution in [1.82, 2.24) is 20.0 Å². The molecule has 2 rings (SSSR count). The Morgan fingerprint density at radius 2 is 1.77 bits per heavy atom. The number of allylic oxidation sites excluding steroid dienone is 1. The number of hydrogen-bond acceptors (Lipinski definition) is 3. The number of aliphatic imine (C=N–C) groups is 1. The summed E-state index contributed by atoms with van der Waals surface area (Å²) in [7, 11) is 0. The van der Waals surface area contributed by atoms with E-state index in [9.17, 15) is 4.79 Å². The second kappa shape index (κ2) is 12.5. The smallest absolute Gasteiger partial charge is 0.239 e. The third kappa shape index (κ3) is 6.72. The van der Waals surface area contributed by atoms with Crippen molar-refractivity contribution in [1.29, 1.82) is 0 Å². The van der Waals surface area contributed by atoms with Gasteiger partial charge in [0.05, 0.1) is 6.04 Å². The average Bonchev–Trinajstić information content (AvgIpc) is 3.18. The molecule has 1 unspecified atom stereocenters. The molecule has 1 N–H and O–H groups in total. The summed E-state index contributed by atoms with van der Waals surface area (Å²) in [6, 6.07) is -0.00513. The summed E-state index contributed by atoms with van der Waals surface area (Å²) in [4.78, 5) is 24.0. The van der Waals surface area contributed by atoms with Gasteiger partial charge in [-0.15, -0.1) is 24.0 Å². The minimum absolute atomic E-state index is 0. The van der Waals surface area contributed by atoms with Crippen LogP contribution in [0.4, 0.5) is 0 Å². The molecule has 1 amide bonds. The Kier molecular flexibility index (Phi) is 11.2. The van der Waals surface area contributed by atoms with Crippen molar-refractivity contribution in [3.8, 4) is 0 Å². The van der Waals surface area contributed by atoms with E-state index in [-0.39, 0.29) is 30.0 Å². The van der Waals surface area contributed by atoms with Gasteiger partial charge in [0.15, 0.2) is 5.96 Å². The molecule has 0 aromatic rings. The first kappa shape index (κ1) is 23.2. The van der Waals surface area contributed by atoms with Crippen molar-refractivity contribution < 1.29 is 4.79 Å². The molecule has 2 heterocycles. The number of guanidine groups is 1. The summed E-state index contributed by atoms with van der Waals surface area (Å²) in [5.74, 6) is 1.31. The van der Waals surface area contributed by atoms with E-state index >= 15 is 0 Å².